The van der Waals surface area contributed by atoms with Gasteiger partial charge in [0.1, 0.15) is 11.4 Å². The van der Waals surface area contributed by atoms with Gasteiger partial charge in [-0.3, -0.25) is 14.9 Å². The first-order valence-electron chi connectivity index (χ1n) is 12.1. The molecule has 2 aliphatic heterocycles. The maximum Gasteiger partial charge on any atom is 0.244 e. The fraction of sp³-hybridized carbons (Fsp3) is 0.481. The second kappa shape index (κ2) is 8.15. The summed E-state index contributed by atoms with van der Waals surface area (Å²) in [6.07, 6.45) is 1.27. The summed E-state index contributed by atoms with van der Waals surface area (Å²) in [5.41, 5.74) is -2.19. The van der Waals surface area contributed by atoms with Crippen LogP contribution >= 0.6 is 23.2 Å². The molecule has 0 aromatic heterocycles. The molecule has 2 heterocycles. The van der Waals surface area contributed by atoms with Crippen molar-refractivity contribution in [2.45, 2.75) is 75.6 Å². The fourth-order valence-corrected chi connectivity index (χ4v) is 6.62. The minimum Gasteiger partial charge on any atom is -0.390 e. The molecule has 1 saturated heterocycles. The highest BCUT2D eigenvalue weighted by atomic mass is 35.5. The predicted octanol–water partition coefficient (Wildman–Crippen LogP) is 4.87. The normalized spacial score (nSPS) is 32.9. The topological polar surface area (TPSA) is 100 Å². The molecule has 2 fully saturated rings. The van der Waals surface area contributed by atoms with Gasteiger partial charge in [-0.25, -0.2) is 4.39 Å². The molecule has 0 radical (unpaired) electrons. The lowest BCUT2D eigenvalue weighted by Gasteiger charge is -2.42. The third kappa shape index (κ3) is 4.01. The van der Waals surface area contributed by atoms with Gasteiger partial charge in [-0.05, 0) is 61.4 Å². The smallest absolute Gasteiger partial charge is 0.244 e. The van der Waals surface area contributed by atoms with E-state index in [1.165, 1.54) is 12.1 Å². The zero-order valence-electron chi connectivity index (χ0n) is 20.6. The number of rotatable bonds is 4. The Bertz CT molecular complexity index is 1270. The first-order valence-corrected chi connectivity index (χ1v) is 12.8. The Morgan fingerprint density at radius 2 is 1.92 bits per heavy atom. The number of hydrogen-bond donors (Lipinski definition) is 4. The van der Waals surface area contributed by atoms with Crippen LogP contribution in [0.1, 0.15) is 64.0 Å². The third-order valence-electron chi connectivity index (χ3n) is 7.54. The highest BCUT2D eigenvalue weighted by Gasteiger charge is 2.79. The highest BCUT2D eigenvalue weighted by Crippen LogP contribution is 2.63. The molecule has 1 saturated carbocycles. The van der Waals surface area contributed by atoms with E-state index < -0.39 is 34.3 Å². The van der Waals surface area contributed by atoms with E-state index in [1.807, 2.05) is 20.8 Å². The van der Waals surface area contributed by atoms with Crippen molar-refractivity contribution in [3.8, 4) is 0 Å². The fourth-order valence-electron chi connectivity index (χ4n) is 6.26. The maximum atomic E-state index is 14.9. The van der Waals surface area contributed by atoms with E-state index >= 15 is 0 Å². The lowest BCUT2D eigenvalue weighted by molar-refractivity contribution is -0.132. The minimum atomic E-state index is -1.41. The minimum absolute atomic E-state index is 0.117. The summed E-state index contributed by atoms with van der Waals surface area (Å²) in [5.74, 6) is -2.38. The summed E-state index contributed by atoms with van der Waals surface area (Å²) < 4.78 is 14.9. The van der Waals surface area contributed by atoms with Crippen LogP contribution in [0.4, 0.5) is 10.1 Å². The zero-order valence-corrected chi connectivity index (χ0v) is 22.1. The van der Waals surface area contributed by atoms with E-state index in [9.17, 15) is 19.1 Å². The van der Waals surface area contributed by atoms with Crippen LogP contribution in [-0.2, 0) is 15.1 Å². The number of amides is 2. The van der Waals surface area contributed by atoms with Gasteiger partial charge in [-0.2, -0.15) is 0 Å². The van der Waals surface area contributed by atoms with Crippen LogP contribution in [0.2, 0.25) is 10.0 Å². The summed E-state index contributed by atoms with van der Waals surface area (Å²) in [6, 6.07) is 9.38. The van der Waals surface area contributed by atoms with Gasteiger partial charge in [0, 0.05) is 22.3 Å². The summed E-state index contributed by atoms with van der Waals surface area (Å²) >= 11 is 12.4. The van der Waals surface area contributed by atoms with Crippen molar-refractivity contribution in [2.24, 2.45) is 5.41 Å². The molecule has 0 bridgehead atoms. The molecule has 6 nitrogen and oxygen atoms in total. The van der Waals surface area contributed by atoms with Crippen molar-refractivity contribution in [2.75, 3.05) is 5.32 Å². The Morgan fingerprint density at radius 3 is 2.53 bits per heavy atom. The third-order valence-corrected chi connectivity index (χ3v) is 8.06. The number of halogens is 3. The molecule has 3 atom stereocenters. The number of anilines is 1. The quantitative estimate of drug-likeness (QED) is 0.421. The Balaban J connectivity index is 1.71. The molecular formula is C27H30Cl2FN3O3. The van der Waals surface area contributed by atoms with Gasteiger partial charge in [-0.1, -0.05) is 56.1 Å². The zero-order chi connectivity index (χ0) is 26.3. The van der Waals surface area contributed by atoms with E-state index in [0.717, 1.165) is 0 Å². The molecule has 2 aromatic carbocycles. The van der Waals surface area contributed by atoms with Crippen LogP contribution in [0.25, 0.3) is 0 Å². The average Bonchev–Trinajstić information content (AvgIpc) is 3.37. The molecule has 9 heteroatoms. The van der Waals surface area contributed by atoms with E-state index in [2.05, 4.69) is 16.0 Å². The van der Waals surface area contributed by atoms with Crippen LogP contribution in [0.5, 0.6) is 0 Å². The molecule has 0 spiro atoms. The summed E-state index contributed by atoms with van der Waals surface area (Å²) in [4.78, 5) is 28.1. The second-order valence-electron chi connectivity index (χ2n) is 11.9. The van der Waals surface area contributed by atoms with E-state index in [1.54, 1.807) is 31.2 Å². The largest absolute Gasteiger partial charge is 0.390 e. The van der Waals surface area contributed by atoms with Gasteiger partial charge < -0.3 is 15.7 Å². The molecule has 36 heavy (non-hydrogen) atoms. The highest BCUT2D eigenvalue weighted by molar-refractivity contribution is 6.31. The Kier molecular flexibility index (Phi) is 5.77. The summed E-state index contributed by atoms with van der Waals surface area (Å²) in [5, 5.41) is 19.9. The molecule has 3 aliphatic rings. The Labute approximate surface area is 219 Å². The lowest BCUT2D eigenvalue weighted by Crippen LogP contribution is -2.58. The molecule has 2 aromatic rings. The van der Waals surface area contributed by atoms with Crippen LogP contribution in [0.3, 0.4) is 0 Å². The number of carbonyl (C=O) groups is 2. The number of carbonyl (C=O) groups excluding carboxylic acids is 2. The molecule has 192 valence electrons. The van der Waals surface area contributed by atoms with Crippen LogP contribution in [0, 0.1) is 11.2 Å². The van der Waals surface area contributed by atoms with Gasteiger partial charge in [0.2, 0.25) is 11.8 Å². The number of benzene rings is 2. The van der Waals surface area contributed by atoms with Crippen LogP contribution in [-0.4, -0.2) is 34.1 Å². The van der Waals surface area contributed by atoms with E-state index in [4.69, 9.17) is 23.2 Å². The first kappa shape index (κ1) is 25.5. The van der Waals surface area contributed by atoms with Crippen molar-refractivity contribution in [3.63, 3.8) is 0 Å². The lowest BCUT2D eigenvalue weighted by atomic mass is 9.68. The van der Waals surface area contributed by atoms with Crippen LogP contribution < -0.4 is 16.0 Å². The Hall–Kier alpha value is -2.19. The SMILES string of the molecule is CC(C)(C)CC12NC1(C(=O)NC1CC(C)(O)C1)C(c1cccc(Cl)c1)C(=O)Nc1cc(Cl)c(F)cc12. The number of hydrogen-bond acceptors (Lipinski definition) is 4. The molecule has 2 amide bonds. The number of aliphatic hydroxyl groups is 1. The predicted molar refractivity (Wildman–Crippen MR) is 138 cm³/mol. The first-order chi connectivity index (χ1) is 16.7. The van der Waals surface area contributed by atoms with Gasteiger partial charge in [0.25, 0.3) is 0 Å². The van der Waals surface area contributed by atoms with E-state index in [0.29, 0.717) is 41.1 Å². The van der Waals surface area contributed by atoms with E-state index in [-0.39, 0.29) is 22.4 Å². The van der Waals surface area contributed by atoms with Gasteiger partial charge in [0.05, 0.1) is 22.1 Å². The monoisotopic (exact) mass is 533 g/mol. The van der Waals surface area contributed by atoms with Crippen molar-refractivity contribution >= 4 is 40.7 Å². The van der Waals surface area contributed by atoms with Crippen molar-refractivity contribution in [3.05, 3.63) is 63.4 Å². The van der Waals surface area contributed by atoms with Gasteiger partial charge >= 0.3 is 0 Å². The molecule has 3 unspecified atom stereocenters. The standard InChI is InChI=1S/C27H30Cl2FN3O3/c1-24(2,3)13-26-17-9-19(30)18(29)10-20(17)32-22(34)21(14-6-5-7-15(28)8-14)27(26,33-26)23(35)31-16-11-25(4,36)12-16/h5-10,16,21,33,36H,11-13H2,1-4H3,(H,31,35)(H,32,34). The second-order valence-corrected chi connectivity index (χ2v) is 12.8. The molecule has 4 N–H and O–H groups in total. The van der Waals surface area contributed by atoms with Gasteiger partial charge in [-0.15, -0.1) is 0 Å². The van der Waals surface area contributed by atoms with Gasteiger partial charge in [0.15, 0.2) is 0 Å². The summed E-state index contributed by atoms with van der Waals surface area (Å²) in [7, 11) is 0. The number of nitrogens with one attached hydrogen (secondary N) is 3. The van der Waals surface area contributed by atoms with Crippen molar-refractivity contribution < 1.29 is 19.1 Å². The van der Waals surface area contributed by atoms with Crippen LogP contribution in [0.15, 0.2) is 36.4 Å². The van der Waals surface area contributed by atoms with Crippen molar-refractivity contribution in [1.82, 2.24) is 10.6 Å². The molecule has 1 aliphatic carbocycles. The molecule has 5 rings (SSSR count). The summed E-state index contributed by atoms with van der Waals surface area (Å²) in [6.45, 7) is 7.83. The maximum absolute atomic E-state index is 14.9. The average molecular weight is 534 g/mol. The number of fused-ring (bicyclic) bond motifs is 3. The molecular weight excluding hydrogens is 504 g/mol. The Morgan fingerprint density at radius 1 is 1.22 bits per heavy atom. The van der Waals surface area contributed by atoms with Crippen molar-refractivity contribution in [1.29, 1.82) is 0 Å².